The van der Waals surface area contributed by atoms with E-state index in [4.69, 9.17) is 18.6 Å². The summed E-state index contributed by atoms with van der Waals surface area (Å²) >= 11 is 3.36. The van der Waals surface area contributed by atoms with Gasteiger partial charge in [0.2, 0.25) is 22.7 Å². The Labute approximate surface area is 242 Å². The van der Waals surface area contributed by atoms with Crippen molar-refractivity contribution in [3.05, 3.63) is 76.7 Å². The van der Waals surface area contributed by atoms with E-state index in [0.29, 0.717) is 36.9 Å². The SMILES string of the molecule is O=C(CN(CCCN1CCOCC1)S(=O)(=O)c1ccc(Br)cc1)N(Cc1ccc2c(c1)OCO2)Cc1ccco1. The third kappa shape index (κ3) is 7.24. The van der Waals surface area contributed by atoms with Crippen LogP contribution in [0.4, 0.5) is 0 Å². The second-order valence-corrected chi connectivity index (χ2v) is 12.5. The topological polar surface area (TPSA) is 102 Å². The zero-order valence-corrected chi connectivity index (χ0v) is 24.4. The summed E-state index contributed by atoms with van der Waals surface area (Å²) < 4.78 is 51.4. The molecule has 0 unspecified atom stereocenters. The number of furan rings is 1. The fraction of sp³-hybridized carbons (Fsp3) is 0.393. The number of carbonyl (C=O) groups excluding carboxylic acids is 1. The highest BCUT2D eigenvalue weighted by atomic mass is 79.9. The Morgan fingerprint density at radius 1 is 0.975 bits per heavy atom. The Hall–Kier alpha value is -2.90. The number of fused-ring (bicyclic) bond motifs is 1. The van der Waals surface area contributed by atoms with Gasteiger partial charge >= 0.3 is 0 Å². The predicted molar refractivity (Wildman–Crippen MR) is 150 cm³/mol. The van der Waals surface area contributed by atoms with Gasteiger partial charge in [-0.25, -0.2) is 8.42 Å². The van der Waals surface area contributed by atoms with Gasteiger partial charge in [0.25, 0.3) is 0 Å². The number of hydrogen-bond donors (Lipinski definition) is 0. The zero-order chi connectivity index (χ0) is 28.0. The summed E-state index contributed by atoms with van der Waals surface area (Å²) in [6, 6.07) is 15.5. The molecule has 5 rings (SSSR count). The van der Waals surface area contributed by atoms with Gasteiger partial charge in [-0.15, -0.1) is 0 Å². The van der Waals surface area contributed by atoms with Crippen molar-refractivity contribution in [2.45, 2.75) is 24.4 Å². The number of ether oxygens (including phenoxy) is 3. The fourth-order valence-electron chi connectivity index (χ4n) is 4.67. The number of benzene rings is 2. The predicted octanol–water partition coefficient (Wildman–Crippen LogP) is 3.71. The second kappa shape index (κ2) is 13.2. The molecule has 214 valence electrons. The van der Waals surface area contributed by atoms with Gasteiger partial charge in [0.05, 0.1) is 37.5 Å². The van der Waals surface area contributed by atoms with E-state index in [-0.39, 0.29) is 43.8 Å². The maximum atomic E-state index is 13.8. The van der Waals surface area contributed by atoms with Crippen molar-refractivity contribution in [3.63, 3.8) is 0 Å². The van der Waals surface area contributed by atoms with Crippen molar-refractivity contribution in [3.8, 4) is 11.5 Å². The van der Waals surface area contributed by atoms with Crippen molar-refractivity contribution < 1.29 is 31.8 Å². The number of nitrogens with zero attached hydrogens (tertiary/aromatic N) is 3. The average molecular weight is 635 g/mol. The lowest BCUT2D eigenvalue weighted by atomic mass is 10.2. The minimum Gasteiger partial charge on any atom is -0.467 e. The van der Waals surface area contributed by atoms with E-state index in [1.807, 2.05) is 18.2 Å². The minimum atomic E-state index is -3.93. The second-order valence-electron chi connectivity index (χ2n) is 9.62. The average Bonchev–Trinajstić information content (AvgIpc) is 3.65. The van der Waals surface area contributed by atoms with E-state index in [1.165, 1.54) is 4.31 Å². The fourth-order valence-corrected chi connectivity index (χ4v) is 6.36. The lowest BCUT2D eigenvalue weighted by molar-refractivity contribution is -0.133. The smallest absolute Gasteiger partial charge is 0.243 e. The molecule has 1 saturated heterocycles. The molecule has 40 heavy (non-hydrogen) atoms. The Bertz CT molecular complexity index is 1380. The van der Waals surface area contributed by atoms with Crippen molar-refractivity contribution in [2.24, 2.45) is 0 Å². The van der Waals surface area contributed by atoms with Crippen LogP contribution in [0.5, 0.6) is 11.5 Å². The first-order valence-corrected chi connectivity index (χ1v) is 15.4. The molecule has 0 saturated carbocycles. The molecule has 0 atom stereocenters. The monoisotopic (exact) mass is 633 g/mol. The van der Waals surface area contributed by atoms with Crippen LogP contribution >= 0.6 is 15.9 Å². The highest BCUT2D eigenvalue weighted by Crippen LogP contribution is 2.33. The molecule has 1 fully saturated rings. The van der Waals surface area contributed by atoms with Gasteiger partial charge < -0.3 is 23.5 Å². The van der Waals surface area contributed by atoms with Crippen LogP contribution in [0.1, 0.15) is 17.7 Å². The number of sulfonamides is 1. The molecular weight excluding hydrogens is 602 g/mol. The molecule has 2 aliphatic heterocycles. The Morgan fingerprint density at radius 2 is 1.75 bits per heavy atom. The molecule has 10 nitrogen and oxygen atoms in total. The highest BCUT2D eigenvalue weighted by molar-refractivity contribution is 9.10. The maximum absolute atomic E-state index is 13.8. The van der Waals surface area contributed by atoms with Crippen molar-refractivity contribution in [1.82, 2.24) is 14.1 Å². The summed E-state index contributed by atoms with van der Waals surface area (Å²) in [5.74, 6) is 1.54. The van der Waals surface area contributed by atoms with Gasteiger partial charge in [-0.2, -0.15) is 4.31 Å². The van der Waals surface area contributed by atoms with Crippen LogP contribution in [0.25, 0.3) is 0 Å². The summed E-state index contributed by atoms with van der Waals surface area (Å²) in [7, 11) is -3.93. The zero-order valence-electron chi connectivity index (χ0n) is 22.0. The number of hydrogen-bond acceptors (Lipinski definition) is 8. The Kier molecular flexibility index (Phi) is 9.43. The molecule has 3 heterocycles. The van der Waals surface area contributed by atoms with Gasteiger partial charge in [-0.05, 0) is 67.1 Å². The molecule has 0 radical (unpaired) electrons. The molecule has 1 amide bonds. The van der Waals surface area contributed by atoms with E-state index < -0.39 is 10.0 Å². The molecule has 2 aromatic carbocycles. The standard InChI is InChI=1S/C28H32BrN3O7S/c29-23-5-7-25(8-6-23)40(34,35)32(11-2-10-30-12-15-36-16-13-30)20-28(33)31(19-24-3-1-14-37-24)18-22-4-9-26-27(17-22)39-21-38-26/h1,3-9,14,17H,2,10-13,15-16,18-21H2. The normalized spacial score (nSPS) is 15.4. The van der Waals surface area contributed by atoms with Gasteiger partial charge in [0.1, 0.15) is 5.76 Å². The summed E-state index contributed by atoms with van der Waals surface area (Å²) in [5.41, 5.74) is 0.832. The van der Waals surface area contributed by atoms with Gasteiger partial charge in [0, 0.05) is 30.7 Å². The maximum Gasteiger partial charge on any atom is 0.243 e. The van der Waals surface area contributed by atoms with E-state index in [9.17, 15) is 13.2 Å². The number of morpholine rings is 1. The quantitative estimate of drug-likeness (QED) is 0.297. The minimum absolute atomic E-state index is 0.142. The molecule has 12 heteroatoms. The summed E-state index contributed by atoms with van der Waals surface area (Å²) in [5, 5.41) is 0. The van der Waals surface area contributed by atoms with Crippen molar-refractivity contribution in [2.75, 3.05) is 52.7 Å². The number of amides is 1. The Balaban J connectivity index is 1.35. The van der Waals surface area contributed by atoms with E-state index in [0.717, 1.165) is 29.7 Å². The van der Waals surface area contributed by atoms with Crippen LogP contribution in [0.3, 0.4) is 0 Å². The molecule has 0 N–H and O–H groups in total. The molecular formula is C28H32BrN3O7S. The first-order valence-electron chi connectivity index (χ1n) is 13.1. The summed E-state index contributed by atoms with van der Waals surface area (Å²) in [6.45, 7) is 4.18. The van der Waals surface area contributed by atoms with Crippen molar-refractivity contribution >= 4 is 31.9 Å². The number of rotatable bonds is 12. The van der Waals surface area contributed by atoms with Gasteiger partial charge in [-0.1, -0.05) is 22.0 Å². The van der Waals surface area contributed by atoms with Crippen LogP contribution in [0.2, 0.25) is 0 Å². The van der Waals surface area contributed by atoms with E-state index in [2.05, 4.69) is 20.8 Å². The summed E-state index contributed by atoms with van der Waals surface area (Å²) in [6.07, 6.45) is 2.14. The highest BCUT2D eigenvalue weighted by Gasteiger charge is 2.29. The summed E-state index contributed by atoms with van der Waals surface area (Å²) in [4.78, 5) is 17.8. The molecule has 3 aromatic rings. The van der Waals surface area contributed by atoms with Crippen LogP contribution < -0.4 is 9.47 Å². The van der Waals surface area contributed by atoms with Gasteiger partial charge in [0.15, 0.2) is 11.5 Å². The van der Waals surface area contributed by atoms with Gasteiger partial charge in [-0.3, -0.25) is 9.69 Å². The van der Waals surface area contributed by atoms with Crippen LogP contribution in [0.15, 0.2) is 74.6 Å². The third-order valence-electron chi connectivity index (χ3n) is 6.84. The first kappa shape index (κ1) is 28.6. The number of halogens is 1. The Morgan fingerprint density at radius 3 is 2.50 bits per heavy atom. The number of carbonyl (C=O) groups is 1. The molecule has 1 aromatic heterocycles. The van der Waals surface area contributed by atoms with Crippen LogP contribution in [-0.4, -0.2) is 81.2 Å². The third-order valence-corrected chi connectivity index (χ3v) is 9.23. The van der Waals surface area contributed by atoms with Crippen LogP contribution in [0, 0.1) is 0 Å². The molecule has 0 spiro atoms. The van der Waals surface area contributed by atoms with Crippen LogP contribution in [-0.2, 0) is 32.6 Å². The van der Waals surface area contributed by atoms with E-state index in [1.54, 1.807) is 47.6 Å². The molecule has 0 aliphatic carbocycles. The largest absolute Gasteiger partial charge is 0.467 e. The molecule has 2 aliphatic rings. The lowest BCUT2D eigenvalue weighted by Crippen LogP contribution is -2.44. The van der Waals surface area contributed by atoms with E-state index >= 15 is 0 Å². The molecule has 0 bridgehead atoms. The lowest BCUT2D eigenvalue weighted by Gasteiger charge is -2.29. The first-order chi connectivity index (χ1) is 19.4. The van der Waals surface area contributed by atoms with Crippen molar-refractivity contribution in [1.29, 1.82) is 0 Å².